The number of anilines is 1. The number of carbonyl (C=O) groups excluding carboxylic acids is 2. The number of methoxy groups -OCH3 is 3. The lowest BCUT2D eigenvalue weighted by Gasteiger charge is -2.18. The van der Waals surface area contributed by atoms with E-state index < -0.39 is 0 Å². The Morgan fingerprint density at radius 2 is 1.74 bits per heavy atom. The first-order valence-electron chi connectivity index (χ1n) is 10.5. The van der Waals surface area contributed by atoms with Gasteiger partial charge in [0.25, 0.3) is 0 Å². The Morgan fingerprint density at radius 1 is 1.03 bits per heavy atom. The molecule has 4 rings (SSSR count). The number of hydrogen-bond donors (Lipinski definition) is 1. The minimum atomic E-state index is -0.372. The van der Waals surface area contributed by atoms with E-state index in [1.807, 2.05) is 6.07 Å². The van der Waals surface area contributed by atoms with Crippen LogP contribution in [0.2, 0.25) is 0 Å². The third kappa shape index (κ3) is 4.17. The van der Waals surface area contributed by atoms with Crippen molar-refractivity contribution in [1.82, 2.24) is 5.32 Å². The van der Waals surface area contributed by atoms with Crippen molar-refractivity contribution < 1.29 is 23.8 Å². The van der Waals surface area contributed by atoms with E-state index in [1.165, 1.54) is 17.5 Å². The first-order chi connectivity index (χ1) is 15.0. The van der Waals surface area contributed by atoms with Gasteiger partial charge in [0, 0.05) is 25.2 Å². The standard InChI is InChI=1S/C24H28N2O5/c1-29-20-9-15(10-21(30-2)23(20)31-3)13-25-24(28)18-12-22(27)26(14-18)19-8-7-16-5-4-6-17(16)11-19/h7-11,18H,4-6,12-14H2,1-3H3,(H,25,28)/t18-/m1/s1. The Hall–Kier alpha value is -3.22. The molecule has 0 aromatic heterocycles. The summed E-state index contributed by atoms with van der Waals surface area (Å²) in [6, 6.07) is 9.83. The summed E-state index contributed by atoms with van der Waals surface area (Å²) < 4.78 is 16.1. The average Bonchev–Trinajstić information content (AvgIpc) is 3.42. The SMILES string of the molecule is COc1cc(CNC(=O)[C@@H]2CC(=O)N(c3ccc4c(c3)CCC4)C2)cc(OC)c1OC. The number of nitrogens with one attached hydrogen (secondary N) is 1. The molecule has 1 atom stereocenters. The average molecular weight is 424 g/mol. The molecule has 0 saturated carbocycles. The summed E-state index contributed by atoms with van der Waals surface area (Å²) >= 11 is 0. The van der Waals surface area contributed by atoms with Gasteiger partial charge >= 0.3 is 0 Å². The summed E-state index contributed by atoms with van der Waals surface area (Å²) in [5, 5.41) is 2.95. The molecule has 0 bridgehead atoms. The van der Waals surface area contributed by atoms with E-state index >= 15 is 0 Å². The Bertz CT molecular complexity index is 978. The molecular formula is C24H28N2O5. The maximum Gasteiger partial charge on any atom is 0.227 e. The summed E-state index contributed by atoms with van der Waals surface area (Å²) in [6.45, 7) is 0.706. The smallest absolute Gasteiger partial charge is 0.227 e. The van der Waals surface area contributed by atoms with Crippen LogP contribution in [0.3, 0.4) is 0 Å². The second-order valence-electron chi connectivity index (χ2n) is 7.96. The fourth-order valence-electron chi connectivity index (χ4n) is 4.43. The molecule has 2 amide bonds. The molecule has 1 fully saturated rings. The van der Waals surface area contributed by atoms with Crippen molar-refractivity contribution in [3.63, 3.8) is 0 Å². The van der Waals surface area contributed by atoms with Gasteiger partial charge < -0.3 is 24.4 Å². The first-order valence-corrected chi connectivity index (χ1v) is 10.5. The number of aryl methyl sites for hydroxylation is 2. The molecular weight excluding hydrogens is 396 g/mol. The summed E-state index contributed by atoms with van der Waals surface area (Å²) in [6.07, 6.45) is 3.55. The van der Waals surface area contributed by atoms with Gasteiger partial charge in [-0.15, -0.1) is 0 Å². The third-order valence-corrected chi connectivity index (χ3v) is 6.08. The summed E-state index contributed by atoms with van der Waals surface area (Å²) in [4.78, 5) is 27.1. The van der Waals surface area contributed by atoms with Crippen molar-refractivity contribution in [3.8, 4) is 17.2 Å². The maximum atomic E-state index is 12.8. The molecule has 1 aliphatic heterocycles. The Kier molecular flexibility index (Phi) is 6.02. The molecule has 2 aliphatic rings. The summed E-state index contributed by atoms with van der Waals surface area (Å²) in [5.41, 5.74) is 4.41. The monoisotopic (exact) mass is 424 g/mol. The predicted octanol–water partition coefficient (Wildman–Crippen LogP) is 2.87. The lowest BCUT2D eigenvalue weighted by molar-refractivity contribution is -0.126. The van der Waals surface area contributed by atoms with Crippen molar-refractivity contribution in [3.05, 3.63) is 47.0 Å². The summed E-state index contributed by atoms with van der Waals surface area (Å²) in [5.74, 6) is 1.06. The zero-order chi connectivity index (χ0) is 22.0. The third-order valence-electron chi connectivity index (χ3n) is 6.08. The number of carbonyl (C=O) groups is 2. The molecule has 0 unspecified atom stereocenters. The fraction of sp³-hybridized carbons (Fsp3) is 0.417. The van der Waals surface area contributed by atoms with Crippen molar-refractivity contribution in [2.75, 3.05) is 32.8 Å². The first kappa shape index (κ1) is 21.0. The van der Waals surface area contributed by atoms with Gasteiger partial charge in [-0.05, 0) is 60.2 Å². The van der Waals surface area contributed by atoms with Crippen molar-refractivity contribution in [1.29, 1.82) is 0 Å². The number of rotatable bonds is 7. The van der Waals surface area contributed by atoms with Crippen molar-refractivity contribution >= 4 is 17.5 Å². The van der Waals surface area contributed by atoms with E-state index in [9.17, 15) is 9.59 Å². The van der Waals surface area contributed by atoms with Gasteiger partial charge in [-0.1, -0.05) is 6.07 Å². The van der Waals surface area contributed by atoms with Crippen LogP contribution in [0, 0.1) is 5.92 Å². The fourth-order valence-corrected chi connectivity index (χ4v) is 4.43. The molecule has 2 aromatic carbocycles. The van der Waals surface area contributed by atoms with Gasteiger partial charge in [-0.25, -0.2) is 0 Å². The Labute approximate surface area is 182 Å². The Morgan fingerprint density at radius 3 is 2.42 bits per heavy atom. The quantitative estimate of drug-likeness (QED) is 0.740. The highest BCUT2D eigenvalue weighted by Crippen LogP contribution is 2.38. The maximum absolute atomic E-state index is 12.8. The largest absolute Gasteiger partial charge is 0.493 e. The van der Waals surface area contributed by atoms with Crippen LogP contribution in [0.5, 0.6) is 17.2 Å². The lowest BCUT2D eigenvalue weighted by atomic mass is 10.1. The van der Waals surface area contributed by atoms with Crippen LogP contribution in [0.25, 0.3) is 0 Å². The molecule has 0 spiro atoms. The van der Waals surface area contributed by atoms with Crippen LogP contribution in [0.1, 0.15) is 29.5 Å². The zero-order valence-corrected chi connectivity index (χ0v) is 18.2. The van der Waals surface area contributed by atoms with Crippen molar-refractivity contribution in [2.24, 2.45) is 5.92 Å². The molecule has 1 N–H and O–H groups in total. The van der Waals surface area contributed by atoms with E-state index in [2.05, 4.69) is 17.4 Å². The normalized spacial score (nSPS) is 17.5. The van der Waals surface area contributed by atoms with Gasteiger partial charge in [0.05, 0.1) is 27.2 Å². The molecule has 1 aliphatic carbocycles. The van der Waals surface area contributed by atoms with Crippen LogP contribution < -0.4 is 24.4 Å². The van der Waals surface area contributed by atoms with E-state index in [-0.39, 0.29) is 24.2 Å². The molecule has 7 heteroatoms. The minimum absolute atomic E-state index is 0.00844. The number of ether oxygens (including phenoxy) is 3. The van der Waals surface area contributed by atoms with Crippen LogP contribution >= 0.6 is 0 Å². The van der Waals surface area contributed by atoms with Crippen LogP contribution in [-0.4, -0.2) is 39.7 Å². The second kappa shape index (κ2) is 8.88. The second-order valence-corrected chi connectivity index (χ2v) is 7.96. The van der Waals surface area contributed by atoms with Gasteiger partial charge in [0.15, 0.2) is 11.5 Å². The van der Waals surface area contributed by atoms with E-state index in [0.29, 0.717) is 30.3 Å². The van der Waals surface area contributed by atoms with E-state index in [4.69, 9.17) is 14.2 Å². The van der Waals surface area contributed by atoms with E-state index in [1.54, 1.807) is 38.4 Å². The number of nitrogens with zero attached hydrogens (tertiary/aromatic N) is 1. The number of amides is 2. The van der Waals surface area contributed by atoms with Crippen LogP contribution in [0.4, 0.5) is 5.69 Å². The number of hydrogen-bond acceptors (Lipinski definition) is 5. The predicted molar refractivity (Wildman–Crippen MR) is 117 cm³/mol. The minimum Gasteiger partial charge on any atom is -0.493 e. The summed E-state index contributed by atoms with van der Waals surface area (Å²) in [7, 11) is 4.65. The lowest BCUT2D eigenvalue weighted by Crippen LogP contribution is -2.32. The molecule has 1 heterocycles. The van der Waals surface area contributed by atoms with Gasteiger partial charge in [0.1, 0.15) is 0 Å². The molecule has 0 radical (unpaired) electrons. The number of benzene rings is 2. The van der Waals surface area contributed by atoms with Gasteiger partial charge in [0.2, 0.25) is 17.6 Å². The number of fused-ring (bicyclic) bond motifs is 1. The molecule has 164 valence electrons. The molecule has 1 saturated heterocycles. The molecule has 31 heavy (non-hydrogen) atoms. The van der Waals surface area contributed by atoms with Gasteiger partial charge in [-0.3, -0.25) is 9.59 Å². The van der Waals surface area contributed by atoms with Crippen LogP contribution in [0.15, 0.2) is 30.3 Å². The van der Waals surface area contributed by atoms with Crippen LogP contribution in [-0.2, 0) is 29.0 Å². The zero-order valence-electron chi connectivity index (χ0n) is 18.2. The van der Waals surface area contributed by atoms with Crippen molar-refractivity contribution in [2.45, 2.75) is 32.2 Å². The Balaban J connectivity index is 1.41. The highest BCUT2D eigenvalue weighted by atomic mass is 16.5. The topological polar surface area (TPSA) is 77.1 Å². The van der Waals surface area contributed by atoms with Gasteiger partial charge in [-0.2, -0.15) is 0 Å². The van der Waals surface area contributed by atoms with E-state index in [0.717, 1.165) is 24.1 Å². The highest BCUT2D eigenvalue weighted by Gasteiger charge is 2.35. The molecule has 7 nitrogen and oxygen atoms in total. The highest BCUT2D eigenvalue weighted by molar-refractivity contribution is 6.00. The molecule has 2 aromatic rings.